The molecule has 29 heavy (non-hydrogen) atoms. The van der Waals surface area contributed by atoms with Crippen LogP contribution in [-0.2, 0) is 10.0 Å². The molecule has 152 valence electrons. The van der Waals surface area contributed by atoms with Crippen LogP contribution in [0.2, 0.25) is 10.0 Å². The molecule has 0 spiro atoms. The molecule has 9 heteroatoms. The number of hydrogen-bond donors (Lipinski definition) is 1. The molecule has 0 aliphatic heterocycles. The number of nitrogens with one attached hydrogen (secondary N) is 1. The summed E-state index contributed by atoms with van der Waals surface area (Å²) in [5.74, 6) is 0.861. The predicted molar refractivity (Wildman–Crippen MR) is 115 cm³/mol. The summed E-state index contributed by atoms with van der Waals surface area (Å²) in [6.07, 6.45) is 0. The van der Waals surface area contributed by atoms with Gasteiger partial charge < -0.3 is 4.74 Å². The second kappa shape index (κ2) is 8.98. The molecule has 0 amide bonds. The second-order valence-electron chi connectivity index (χ2n) is 6.70. The van der Waals surface area contributed by atoms with Crippen molar-refractivity contribution in [1.82, 2.24) is 10.2 Å². The van der Waals surface area contributed by atoms with E-state index in [-0.39, 0.29) is 14.9 Å². The van der Waals surface area contributed by atoms with Gasteiger partial charge in [-0.1, -0.05) is 55.2 Å². The van der Waals surface area contributed by atoms with Crippen LogP contribution >= 0.6 is 23.2 Å². The van der Waals surface area contributed by atoms with E-state index in [2.05, 4.69) is 28.8 Å². The molecule has 0 saturated heterocycles. The monoisotopic (exact) mass is 451 g/mol. The minimum absolute atomic E-state index is 0.0201. The van der Waals surface area contributed by atoms with Gasteiger partial charge in [0, 0.05) is 17.3 Å². The second-order valence-corrected chi connectivity index (χ2v) is 9.13. The van der Waals surface area contributed by atoms with E-state index in [9.17, 15) is 8.42 Å². The van der Waals surface area contributed by atoms with Gasteiger partial charge in [-0.3, -0.25) is 4.72 Å². The Labute approximate surface area is 179 Å². The van der Waals surface area contributed by atoms with Crippen molar-refractivity contribution >= 4 is 38.9 Å². The van der Waals surface area contributed by atoms with Crippen LogP contribution in [0.15, 0.2) is 59.5 Å². The Balaban J connectivity index is 1.74. The Bertz CT molecular complexity index is 1090. The van der Waals surface area contributed by atoms with Gasteiger partial charge in [-0.15, -0.1) is 10.2 Å². The van der Waals surface area contributed by atoms with Crippen LogP contribution in [0.3, 0.4) is 0 Å². The van der Waals surface area contributed by atoms with E-state index in [1.165, 1.54) is 18.2 Å². The number of anilines is 1. The average molecular weight is 452 g/mol. The summed E-state index contributed by atoms with van der Waals surface area (Å²) in [5.41, 5.74) is 1.82. The fraction of sp³-hybridized carbons (Fsp3) is 0.200. The number of nitrogens with zero attached hydrogens (tertiary/aromatic N) is 2. The number of aromatic nitrogens is 2. The van der Waals surface area contributed by atoms with Crippen LogP contribution in [-0.4, -0.2) is 25.2 Å². The van der Waals surface area contributed by atoms with Gasteiger partial charge in [-0.25, -0.2) is 8.42 Å². The Hall–Kier alpha value is -2.35. The van der Waals surface area contributed by atoms with Gasteiger partial charge in [0.15, 0.2) is 0 Å². The average Bonchev–Trinajstić information content (AvgIpc) is 2.69. The summed E-state index contributed by atoms with van der Waals surface area (Å²) in [4.78, 5) is -0.0846. The van der Waals surface area contributed by atoms with Crippen LogP contribution in [0.25, 0.3) is 11.3 Å². The first-order chi connectivity index (χ1) is 13.8. The highest BCUT2D eigenvalue weighted by Crippen LogP contribution is 2.30. The molecule has 0 fully saturated rings. The van der Waals surface area contributed by atoms with Crippen molar-refractivity contribution in [1.29, 1.82) is 0 Å². The van der Waals surface area contributed by atoms with Crippen molar-refractivity contribution in [3.8, 4) is 17.1 Å². The Morgan fingerprint density at radius 2 is 1.72 bits per heavy atom. The van der Waals surface area contributed by atoms with E-state index in [4.69, 9.17) is 27.9 Å². The minimum atomic E-state index is -3.87. The third kappa shape index (κ3) is 5.38. The summed E-state index contributed by atoms with van der Waals surface area (Å²) in [6, 6.07) is 14.8. The number of sulfonamides is 1. The molecule has 0 aliphatic rings. The van der Waals surface area contributed by atoms with E-state index in [0.717, 1.165) is 5.56 Å². The highest BCUT2D eigenvalue weighted by Gasteiger charge is 2.19. The first-order valence-corrected chi connectivity index (χ1v) is 11.0. The van der Waals surface area contributed by atoms with Crippen molar-refractivity contribution < 1.29 is 13.2 Å². The summed E-state index contributed by atoms with van der Waals surface area (Å²) < 4.78 is 33.2. The third-order valence-corrected chi connectivity index (χ3v) is 6.20. The van der Waals surface area contributed by atoms with E-state index in [1.54, 1.807) is 36.4 Å². The Morgan fingerprint density at radius 3 is 2.34 bits per heavy atom. The highest BCUT2D eigenvalue weighted by molar-refractivity contribution is 7.92. The van der Waals surface area contributed by atoms with E-state index < -0.39 is 10.0 Å². The molecule has 1 aromatic heterocycles. The SMILES string of the molecule is CC(C)COc1ccc(-c2ccc(NS(=O)(=O)c3cccc(Cl)c3Cl)cc2)nn1. The predicted octanol–water partition coefficient (Wildman–Crippen LogP) is 5.29. The van der Waals surface area contributed by atoms with Crippen molar-refractivity contribution in [2.75, 3.05) is 11.3 Å². The first kappa shape index (κ1) is 21.4. The fourth-order valence-corrected chi connectivity index (χ4v) is 4.23. The lowest BCUT2D eigenvalue weighted by molar-refractivity contribution is 0.258. The molecule has 0 unspecified atom stereocenters. The lowest BCUT2D eigenvalue weighted by Gasteiger charge is -2.11. The molecule has 2 aromatic carbocycles. The van der Waals surface area contributed by atoms with Crippen LogP contribution in [0.5, 0.6) is 5.88 Å². The lowest BCUT2D eigenvalue weighted by atomic mass is 10.1. The molecule has 3 rings (SSSR count). The maximum atomic E-state index is 12.6. The van der Waals surface area contributed by atoms with E-state index in [0.29, 0.717) is 29.8 Å². The molecule has 1 N–H and O–H groups in total. The molecule has 0 bridgehead atoms. The molecular weight excluding hydrogens is 433 g/mol. The molecular formula is C20H19Cl2N3O3S. The lowest BCUT2D eigenvalue weighted by Crippen LogP contribution is -2.13. The number of rotatable bonds is 7. The first-order valence-electron chi connectivity index (χ1n) is 8.80. The number of ether oxygens (including phenoxy) is 1. The molecule has 0 radical (unpaired) electrons. The normalized spacial score (nSPS) is 11.5. The maximum Gasteiger partial charge on any atom is 0.263 e. The van der Waals surface area contributed by atoms with Gasteiger partial charge in [0.25, 0.3) is 10.0 Å². The maximum absolute atomic E-state index is 12.6. The van der Waals surface area contributed by atoms with Crippen LogP contribution < -0.4 is 9.46 Å². The van der Waals surface area contributed by atoms with E-state index >= 15 is 0 Å². The Kier molecular flexibility index (Phi) is 6.62. The smallest absolute Gasteiger partial charge is 0.263 e. The molecule has 0 saturated carbocycles. The quantitative estimate of drug-likeness (QED) is 0.527. The summed E-state index contributed by atoms with van der Waals surface area (Å²) in [7, 11) is -3.87. The summed E-state index contributed by atoms with van der Waals surface area (Å²) in [5, 5.41) is 8.36. The van der Waals surface area contributed by atoms with Gasteiger partial charge in [0.05, 0.1) is 22.3 Å². The molecule has 0 atom stereocenters. The summed E-state index contributed by atoms with van der Waals surface area (Å²) in [6.45, 7) is 4.68. The molecule has 1 heterocycles. The Morgan fingerprint density at radius 1 is 1.00 bits per heavy atom. The van der Waals surface area contributed by atoms with Gasteiger partial charge >= 0.3 is 0 Å². The highest BCUT2D eigenvalue weighted by atomic mass is 35.5. The third-order valence-electron chi connectivity index (χ3n) is 3.84. The van der Waals surface area contributed by atoms with Crippen LogP contribution in [0.1, 0.15) is 13.8 Å². The standard InChI is InChI=1S/C20H19Cl2N3O3S/c1-13(2)12-28-19-11-10-17(23-24-19)14-6-8-15(9-7-14)25-29(26,27)18-5-3-4-16(21)20(18)22/h3-11,13,25H,12H2,1-2H3. The van der Waals surface area contributed by atoms with Crippen molar-refractivity contribution in [3.63, 3.8) is 0 Å². The van der Waals surface area contributed by atoms with E-state index in [1.807, 2.05) is 0 Å². The molecule has 3 aromatic rings. The number of halogens is 2. The van der Waals surface area contributed by atoms with Crippen molar-refractivity contribution in [2.24, 2.45) is 5.92 Å². The molecule has 0 aliphatic carbocycles. The topological polar surface area (TPSA) is 81.2 Å². The number of hydrogen-bond acceptors (Lipinski definition) is 5. The zero-order valence-electron chi connectivity index (χ0n) is 15.8. The summed E-state index contributed by atoms with van der Waals surface area (Å²) >= 11 is 11.9. The number of benzene rings is 2. The minimum Gasteiger partial charge on any atom is -0.476 e. The van der Waals surface area contributed by atoms with Gasteiger partial charge in [-0.05, 0) is 36.2 Å². The fourth-order valence-electron chi connectivity index (χ4n) is 2.41. The zero-order chi connectivity index (χ0) is 21.0. The zero-order valence-corrected chi connectivity index (χ0v) is 18.1. The van der Waals surface area contributed by atoms with Crippen LogP contribution in [0, 0.1) is 5.92 Å². The van der Waals surface area contributed by atoms with Crippen LogP contribution in [0.4, 0.5) is 5.69 Å². The molecule has 6 nitrogen and oxygen atoms in total. The largest absolute Gasteiger partial charge is 0.476 e. The van der Waals surface area contributed by atoms with Gasteiger partial charge in [0.2, 0.25) is 5.88 Å². The van der Waals surface area contributed by atoms with Crippen molar-refractivity contribution in [3.05, 3.63) is 64.6 Å². The van der Waals surface area contributed by atoms with Crippen molar-refractivity contribution in [2.45, 2.75) is 18.7 Å². The van der Waals surface area contributed by atoms with Gasteiger partial charge in [0.1, 0.15) is 4.90 Å². The van der Waals surface area contributed by atoms with Gasteiger partial charge in [-0.2, -0.15) is 0 Å².